The maximum atomic E-state index is 11.7. The molecule has 0 aliphatic heterocycles. The fourth-order valence-corrected chi connectivity index (χ4v) is 3.61. The topological polar surface area (TPSA) is 71.1 Å². The van der Waals surface area contributed by atoms with Crippen LogP contribution in [0.25, 0.3) is 4.96 Å². The van der Waals surface area contributed by atoms with Crippen LogP contribution in [0.4, 0.5) is 0 Å². The molecule has 0 unspecified atom stereocenters. The van der Waals surface area contributed by atoms with E-state index in [4.69, 9.17) is 5.26 Å². The first-order valence-corrected chi connectivity index (χ1v) is 7.98. The number of hydrogen-bond donors (Lipinski definition) is 0. The van der Waals surface area contributed by atoms with Gasteiger partial charge in [-0.25, -0.2) is 4.98 Å². The van der Waals surface area contributed by atoms with E-state index in [1.54, 1.807) is 11.8 Å². The Morgan fingerprint density at radius 3 is 3.05 bits per heavy atom. The Morgan fingerprint density at radius 1 is 1.47 bits per heavy atom. The van der Waals surface area contributed by atoms with Gasteiger partial charge in [0.1, 0.15) is 11.8 Å². The molecule has 100 valence electrons. The number of aromatic nitrogens is 3. The Bertz CT molecular complexity index is 656. The molecule has 0 amide bonds. The van der Waals surface area contributed by atoms with Crippen LogP contribution < -0.4 is 5.56 Å². The number of fused-ring (bicyclic) bond motifs is 1. The van der Waals surface area contributed by atoms with E-state index >= 15 is 0 Å². The van der Waals surface area contributed by atoms with Gasteiger partial charge in [-0.05, 0) is 6.42 Å². The minimum Gasteiger partial charge on any atom is -0.267 e. The Morgan fingerprint density at radius 2 is 2.32 bits per heavy atom. The molecule has 0 aliphatic carbocycles. The lowest BCUT2D eigenvalue weighted by Gasteiger charge is -1.96. The summed E-state index contributed by atoms with van der Waals surface area (Å²) in [5.74, 6) is 1.000. The second kappa shape index (κ2) is 6.68. The van der Waals surface area contributed by atoms with Crippen molar-refractivity contribution in [1.29, 1.82) is 5.26 Å². The van der Waals surface area contributed by atoms with Gasteiger partial charge in [0.05, 0.1) is 0 Å². The number of nitrogens with zero attached hydrogens (tertiary/aromatic N) is 4. The van der Waals surface area contributed by atoms with Crippen molar-refractivity contribution in [2.45, 2.75) is 36.9 Å². The van der Waals surface area contributed by atoms with Gasteiger partial charge in [0.25, 0.3) is 5.56 Å². The molecule has 0 saturated heterocycles. The number of hydrogen-bond acceptors (Lipinski definition) is 6. The normalized spacial score (nSPS) is 10.7. The van der Waals surface area contributed by atoms with Crippen LogP contribution in [0.2, 0.25) is 0 Å². The van der Waals surface area contributed by atoms with Crippen LogP contribution >= 0.6 is 23.1 Å². The molecule has 0 saturated carbocycles. The summed E-state index contributed by atoms with van der Waals surface area (Å²) in [5.41, 5.74) is -0.149. The van der Waals surface area contributed by atoms with Crippen molar-refractivity contribution in [2.24, 2.45) is 0 Å². The first-order chi connectivity index (χ1) is 9.24. The molecule has 2 aromatic heterocycles. The summed E-state index contributed by atoms with van der Waals surface area (Å²) in [4.78, 5) is 16.3. The molecule has 0 radical (unpaired) electrons. The van der Waals surface area contributed by atoms with E-state index in [1.807, 2.05) is 6.07 Å². The molecule has 0 aliphatic rings. The highest BCUT2D eigenvalue weighted by atomic mass is 32.2. The van der Waals surface area contributed by atoms with Crippen LogP contribution in [0.3, 0.4) is 0 Å². The predicted octanol–water partition coefficient (Wildman–Crippen LogP) is 2.70. The maximum Gasteiger partial charge on any atom is 0.276 e. The van der Waals surface area contributed by atoms with Crippen LogP contribution in [0, 0.1) is 11.3 Å². The molecule has 7 heteroatoms. The Balaban J connectivity index is 2.07. The van der Waals surface area contributed by atoms with E-state index in [0.29, 0.717) is 4.96 Å². The van der Waals surface area contributed by atoms with Crippen LogP contribution in [-0.2, 0) is 0 Å². The highest BCUT2D eigenvalue weighted by Gasteiger charge is 2.08. The molecule has 19 heavy (non-hydrogen) atoms. The van der Waals surface area contributed by atoms with Gasteiger partial charge in [0.2, 0.25) is 4.96 Å². The lowest BCUT2D eigenvalue weighted by molar-refractivity contribution is 0.706. The zero-order valence-electron chi connectivity index (χ0n) is 10.6. The van der Waals surface area contributed by atoms with Gasteiger partial charge >= 0.3 is 0 Å². The molecular formula is C12H14N4OS2. The van der Waals surface area contributed by atoms with E-state index in [0.717, 1.165) is 16.5 Å². The van der Waals surface area contributed by atoms with Gasteiger partial charge in [-0.1, -0.05) is 49.3 Å². The molecular weight excluding hydrogens is 280 g/mol. The Labute approximate surface area is 119 Å². The van der Waals surface area contributed by atoms with Crippen LogP contribution in [0.5, 0.6) is 0 Å². The van der Waals surface area contributed by atoms with Crippen molar-refractivity contribution in [3.8, 4) is 6.07 Å². The first-order valence-electron chi connectivity index (χ1n) is 6.18. The minimum absolute atomic E-state index is 0.146. The third kappa shape index (κ3) is 3.55. The largest absolute Gasteiger partial charge is 0.276 e. The molecule has 0 fully saturated rings. The van der Waals surface area contributed by atoms with Crippen molar-refractivity contribution < 1.29 is 0 Å². The van der Waals surface area contributed by atoms with Crippen molar-refractivity contribution in [2.75, 3.05) is 5.75 Å². The summed E-state index contributed by atoms with van der Waals surface area (Å²) in [6.45, 7) is 2.19. The number of nitriles is 1. The van der Waals surface area contributed by atoms with Crippen LogP contribution in [0.1, 0.15) is 38.3 Å². The van der Waals surface area contributed by atoms with Crippen molar-refractivity contribution in [1.82, 2.24) is 14.6 Å². The second-order valence-electron chi connectivity index (χ2n) is 4.06. The summed E-state index contributed by atoms with van der Waals surface area (Å²) in [6, 6.07) is 3.09. The van der Waals surface area contributed by atoms with E-state index in [9.17, 15) is 4.79 Å². The molecule has 0 spiro atoms. The second-order valence-corrected chi connectivity index (χ2v) is 6.36. The quantitative estimate of drug-likeness (QED) is 0.605. The van der Waals surface area contributed by atoms with Gasteiger partial charge in [-0.3, -0.25) is 4.79 Å². The number of unbranched alkanes of at least 4 members (excludes halogenated alkanes) is 3. The first kappa shape index (κ1) is 14.0. The molecule has 2 rings (SSSR count). The van der Waals surface area contributed by atoms with Crippen LogP contribution in [-0.4, -0.2) is 20.4 Å². The standard InChI is InChI=1S/C12H14N4OS2/c1-2-3-4-5-6-18-12-15-16-10(17)7-9(8-13)14-11(16)19-12/h7H,2-6H2,1H3. The lowest BCUT2D eigenvalue weighted by atomic mass is 10.2. The summed E-state index contributed by atoms with van der Waals surface area (Å²) in [6.07, 6.45) is 4.86. The van der Waals surface area contributed by atoms with Gasteiger partial charge < -0.3 is 0 Å². The maximum absolute atomic E-state index is 11.7. The van der Waals surface area contributed by atoms with E-state index < -0.39 is 0 Å². The molecule has 2 heterocycles. The Hall–Kier alpha value is -1.39. The van der Waals surface area contributed by atoms with E-state index in [1.165, 1.54) is 41.2 Å². The van der Waals surface area contributed by atoms with Crippen molar-refractivity contribution in [3.05, 3.63) is 22.1 Å². The van der Waals surface area contributed by atoms with E-state index in [2.05, 4.69) is 17.0 Å². The van der Waals surface area contributed by atoms with Crippen molar-refractivity contribution >= 4 is 28.1 Å². The number of thioether (sulfide) groups is 1. The lowest BCUT2D eigenvalue weighted by Crippen LogP contribution is -2.14. The molecule has 0 bridgehead atoms. The third-order valence-electron chi connectivity index (χ3n) is 2.56. The SMILES string of the molecule is CCCCCCSc1nn2c(=O)cc(C#N)nc2s1. The van der Waals surface area contributed by atoms with Gasteiger partial charge in [-0.15, -0.1) is 5.10 Å². The number of rotatable bonds is 6. The summed E-state index contributed by atoms with van der Waals surface area (Å²) in [7, 11) is 0. The van der Waals surface area contributed by atoms with E-state index in [-0.39, 0.29) is 11.3 Å². The summed E-state index contributed by atoms with van der Waals surface area (Å²) in [5, 5.41) is 13.0. The fraction of sp³-hybridized carbons (Fsp3) is 0.500. The summed E-state index contributed by atoms with van der Waals surface area (Å²) >= 11 is 3.00. The smallest absolute Gasteiger partial charge is 0.267 e. The van der Waals surface area contributed by atoms with Gasteiger partial charge in [0, 0.05) is 11.8 Å². The Kier molecular flexibility index (Phi) is 4.93. The van der Waals surface area contributed by atoms with Crippen LogP contribution in [0.15, 0.2) is 15.2 Å². The third-order valence-corrected chi connectivity index (χ3v) is 4.69. The zero-order valence-corrected chi connectivity index (χ0v) is 12.3. The fourth-order valence-electron chi connectivity index (χ4n) is 1.60. The highest BCUT2D eigenvalue weighted by molar-refractivity contribution is 8.01. The average molecular weight is 294 g/mol. The highest BCUT2D eigenvalue weighted by Crippen LogP contribution is 2.24. The van der Waals surface area contributed by atoms with Gasteiger partial charge in [-0.2, -0.15) is 9.78 Å². The minimum atomic E-state index is -0.296. The monoisotopic (exact) mass is 294 g/mol. The zero-order chi connectivity index (χ0) is 13.7. The summed E-state index contributed by atoms with van der Waals surface area (Å²) < 4.78 is 2.09. The molecule has 0 aromatic carbocycles. The molecule has 5 nitrogen and oxygen atoms in total. The molecule has 0 N–H and O–H groups in total. The van der Waals surface area contributed by atoms with Crippen molar-refractivity contribution in [3.63, 3.8) is 0 Å². The average Bonchev–Trinajstić information content (AvgIpc) is 2.82. The predicted molar refractivity (Wildman–Crippen MR) is 76.7 cm³/mol. The van der Waals surface area contributed by atoms with Gasteiger partial charge in [0.15, 0.2) is 4.34 Å². The molecule has 2 aromatic rings. The molecule has 0 atom stereocenters.